The number of aldehydes is 1. The molecule has 3 heterocycles. The van der Waals surface area contributed by atoms with E-state index in [0.717, 1.165) is 6.42 Å². The summed E-state index contributed by atoms with van der Waals surface area (Å²) in [7, 11) is 1.32. The molecule has 0 saturated carbocycles. The molecule has 0 amide bonds. The van der Waals surface area contributed by atoms with E-state index in [4.69, 9.17) is 4.74 Å². The van der Waals surface area contributed by atoms with E-state index in [9.17, 15) is 14.4 Å². The van der Waals surface area contributed by atoms with E-state index in [1.54, 1.807) is 29.3 Å². The maximum absolute atomic E-state index is 12.4. The molecule has 7 heteroatoms. The quantitative estimate of drug-likeness (QED) is 0.611. The van der Waals surface area contributed by atoms with Crippen molar-refractivity contribution in [3.63, 3.8) is 0 Å². The number of esters is 1. The molecule has 0 aliphatic carbocycles. The van der Waals surface area contributed by atoms with Crippen molar-refractivity contribution >= 4 is 23.7 Å². The first kappa shape index (κ1) is 14.2. The third-order valence-corrected chi connectivity index (χ3v) is 3.86. The van der Waals surface area contributed by atoms with Crippen LogP contribution in [0.25, 0.3) is 5.65 Å². The number of ether oxygens (including phenoxy) is 1. The van der Waals surface area contributed by atoms with Gasteiger partial charge in [0.1, 0.15) is 23.1 Å². The smallest absolute Gasteiger partial charge is 0.328 e. The Labute approximate surface area is 126 Å². The van der Waals surface area contributed by atoms with Gasteiger partial charge in [0.05, 0.1) is 7.11 Å². The van der Waals surface area contributed by atoms with Crippen molar-refractivity contribution in [2.45, 2.75) is 18.9 Å². The van der Waals surface area contributed by atoms with Crippen molar-refractivity contribution in [1.29, 1.82) is 0 Å². The molecule has 1 saturated heterocycles. The number of pyridine rings is 1. The molecule has 22 heavy (non-hydrogen) atoms. The van der Waals surface area contributed by atoms with Gasteiger partial charge >= 0.3 is 5.97 Å². The van der Waals surface area contributed by atoms with Crippen LogP contribution in [-0.4, -0.2) is 41.3 Å². The number of hydrogen-bond donors (Lipinski definition) is 0. The third kappa shape index (κ3) is 2.14. The van der Waals surface area contributed by atoms with Crippen molar-refractivity contribution in [1.82, 2.24) is 9.38 Å². The molecule has 0 N–H and O–H groups in total. The van der Waals surface area contributed by atoms with Gasteiger partial charge in [0.2, 0.25) is 0 Å². The van der Waals surface area contributed by atoms with E-state index >= 15 is 0 Å². The van der Waals surface area contributed by atoms with Gasteiger partial charge < -0.3 is 9.64 Å². The summed E-state index contributed by atoms with van der Waals surface area (Å²) in [6.45, 7) is 0.552. The van der Waals surface area contributed by atoms with Gasteiger partial charge in [-0.2, -0.15) is 0 Å². The van der Waals surface area contributed by atoms with Gasteiger partial charge in [-0.1, -0.05) is 6.07 Å². The fourth-order valence-corrected chi connectivity index (χ4v) is 2.81. The summed E-state index contributed by atoms with van der Waals surface area (Å²) in [5.41, 5.74) is -0.0470. The molecule has 1 aliphatic heterocycles. The molecule has 0 bridgehead atoms. The molecule has 1 atom stereocenters. The predicted molar refractivity (Wildman–Crippen MR) is 79.2 cm³/mol. The molecule has 0 unspecified atom stereocenters. The molecule has 2 aromatic heterocycles. The zero-order valence-electron chi connectivity index (χ0n) is 12.1. The van der Waals surface area contributed by atoms with Crippen molar-refractivity contribution in [3.8, 4) is 0 Å². The molecular formula is C15H15N3O4. The van der Waals surface area contributed by atoms with Gasteiger partial charge in [-0.3, -0.25) is 14.0 Å². The second-order valence-electron chi connectivity index (χ2n) is 5.08. The van der Waals surface area contributed by atoms with E-state index in [-0.39, 0.29) is 17.4 Å². The zero-order valence-corrected chi connectivity index (χ0v) is 12.1. The Balaban J connectivity index is 2.19. The molecular weight excluding hydrogens is 286 g/mol. The number of fused-ring (bicyclic) bond motifs is 1. The van der Waals surface area contributed by atoms with Crippen molar-refractivity contribution in [3.05, 3.63) is 40.3 Å². The van der Waals surface area contributed by atoms with E-state index in [1.165, 1.54) is 11.5 Å². The minimum Gasteiger partial charge on any atom is -0.467 e. The minimum absolute atomic E-state index is 0.0421. The molecule has 0 aromatic carbocycles. The normalized spacial score (nSPS) is 17.7. The third-order valence-electron chi connectivity index (χ3n) is 3.86. The SMILES string of the molecule is COC(=O)[C@@H]1CCCN1c1nc2ccccn2c(=O)c1C=O. The summed E-state index contributed by atoms with van der Waals surface area (Å²) in [6.07, 6.45) is 3.44. The molecule has 2 aromatic rings. The monoisotopic (exact) mass is 301 g/mol. The summed E-state index contributed by atoms with van der Waals surface area (Å²) in [4.78, 5) is 41.8. The lowest BCUT2D eigenvalue weighted by Gasteiger charge is -2.24. The van der Waals surface area contributed by atoms with Crippen LogP contribution in [0.4, 0.5) is 5.82 Å². The van der Waals surface area contributed by atoms with Gasteiger partial charge in [0.15, 0.2) is 6.29 Å². The molecule has 7 nitrogen and oxygen atoms in total. The largest absolute Gasteiger partial charge is 0.467 e. The first-order chi connectivity index (χ1) is 10.7. The minimum atomic E-state index is -0.512. The highest BCUT2D eigenvalue weighted by atomic mass is 16.5. The Hall–Kier alpha value is -2.70. The van der Waals surface area contributed by atoms with Crippen LogP contribution >= 0.6 is 0 Å². The fraction of sp³-hybridized carbons (Fsp3) is 0.333. The topological polar surface area (TPSA) is 81.0 Å². The van der Waals surface area contributed by atoms with E-state index < -0.39 is 11.6 Å². The maximum atomic E-state index is 12.4. The van der Waals surface area contributed by atoms with E-state index in [1.807, 2.05) is 0 Å². The average molecular weight is 301 g/mol. The van der Waals surface area contributed by atoms with Crippen LogP contribution in [0.3, 0.4) is 0 Å². The Morgan fingerprint density at radius 3 is 3.00 bits per heavy atom. The maximum Gasteiger partial charge on any atom is 0.328 e. The van der Waals surface area contributed by atoms with Gasteiger partial charge in [0.25, 0.3) is 5.56 Å². The fourth-order valence-electron chi connectivity index (χ4n) is 2.81. The lowest BCUT2D eigenvalue weighted by atomic mass is 10.2. The molecule has 1 aliphatic rings. The number of anilines is 1. The Kier molecular flexibility index (Phi) is 3.62. The van der Waals surface area contributed by atoms with Gasteiger partial charge in [0, 0.05) is 12.7 Å². The van der Waals surface area contributed by atoms with Gasteiger partial charge in [-0.05, 0) is 25.0 Å². The van der Waals surface area contributed by atoms with Crippen LogP contribution in [0.2, 0.25) is 0 Å². The first-order valence-corrected chi connectivity index (χ1v) is 6.98. The summed E-state index contributed by atoms with van der Waals surface area (Å²) >= 11 is 0. The highest BCUT2D eigenvalue weighted by Gasteiger charge is 2.34. The zero-order chi connectivity index (χ0) is 15.7. The number of methoxy groups -OCH3 is 1. The number of aromatic nitrogens is 2. The van der Waals surface area contributed by atoms with Crippen LogP contribution in [-0.2, 0) is 9.53 Å². The van der Waals surface area contributed by atoms with E-state index in [0.29, 0.717) is 24.9 Å². The second-order valence-corrected chi connectivity index (χ2v) is 5.08. The highest BCUT2D eigenvalue weighted by Crippen LogP contribution is 2.26. The summed E-state index contributed by atoms with van der Waals surface area (Å²) in [5.74, 6) is -0.136. The molecule has 3 rings (SSSR count). The Morgan fingerprint density at radius 1 is 1.45 bits per heavy atom. The van der Waals surface area contributed by atoms with Crippen LogP contribution < -0.4 is 10.5 Å². The van der Waals surface area contributed by atoms with Gasteiger partial charge in [-0.25, -0.2) is 9.78 Å². The Morgan fingerprint density at radius 2 is 2.27 bits per heavy atom. The number of carbonyl (C=O) groups excluding carboxylic acids is 2. The lowest BCUT2D eigenvalue weighted by Crippen LogP contribution is -2.39. The van der Waals surface area contributed by atoms with Crippen molar-refractivity contribution < 1.29 is 14.3 Å². The van der Waals surface area contributed by atoms with Crippen LogP contribution in [0.5, 0.6) is 0 Å². The number of carbonyl (C=O) groups is 2. The molecule has 0 radical (unpaired) electrons. The van der Waals surface area contributed by atoms with Gasteiger partial charge in [-0.15, -0.1) is 0 Å². The van der Waals surface area contributed by atoms with Crippen LogP contribution in [0.1, 0.15) is 23.2 Å². The van der Waals surface area contributed by atoms with Crippen LogP contribution in [0, 0.1) is 0 Å². The Bertz CT molecular complexity index is 799. The standard InChI is InChI=1S/C15H15N3O4/c1-22-15(21)11-5-4-8-17(11)13-10(9-19)14(20)18-7-3-2-6-12(18)16-13/h2-3,6-7,9,11H,4-5,8H2,1H3/t11-/m0/s1. The molecule has 0 spiro atoms. The van der Waals surface area contributed by atoms with E-state index in [2.05, 4.69) is 4.98 Å². The lowest BCUT2D eigenvalue weighted by molar-refractivity contribution is -0.141. The number of rotatable bonds is 3. The molecule has 114 valence electrons. The molecule has 1 fully saturated rings. The first-order valence-electron chi connectivity index (χ1n) is 6.98. The van der Waals surface area contributed by atoms with Crippen LogP contribution in [0.15, 0.2) is 29.2 Å². The summed E-state index contributed by atoms with van der Waals surface area (Å²) in [5, 5.41) is 0. The highest BCUT2D eigenvalue weighted by molar-refractivity contribution is 5.87. The summed E-state index contributed by atoms with van der Waals surface area (Å²) in [6, 6.07) is 4.62. The van der Waals surface area contributed by atoms with Crippen molar-refractivity contribution in [2.24, 2.45) is 0 Å². The predicted octanol–water partition coefficient (Wildman–Crippen LogP) is 0.649. The number of hydrogen-bond acceptors (Lipinski definition) is 6. The van der Waals surface area contributed by atoms with Crippen molar-refractivity contribution in [2.75, 3.05) is 18.6 Å². The number of nitrogens with zero attached hydrogens (tertiary/aromatic N) is 3. The second kappa shape index (κ2) is 5.59. The summed E-state index contributed by atoms with van der Waals surface area (Å²) < 4.78 is 6.11. The average Bonchev–Trinajstić information content (AvgIpc) is 3.03.